The van der Waals surface area contributed by atoms with Crippen molar-refractivity contribution in [3.63, 3.8) is 0 Å². The van der Waals surface area contributed by atoms with Crippen LogP contribution in [0.4, 0.5) is 0 Å². The summed E-state index contributed by atoms with van der Waals surface area (Å²) in [4.78, 5) is 10.5. The Balaban J connectivity index is 2.28. The maximum absolute atomic E-state index is 10.5. The molecule has 0 saturated heterocycles. The van der Waals surface area contributed by atoms with E-state index in [-0.39, 0.29) is 10.6 Å². The molecule has 64 valence electrons. The molecule has 1 fully saturated rings. The van der Waals surface area contributed by atoms with Crippen molar-refractivity contribution >= 4 is 28.4 Å². The van der Waals surface area contributed by atoms with Gasteiger partial charge in [-0.25, -0.2) is 0 Å². The Morgan fingerprint density at radius 1 is 1.45 bits per heavy atom. The van der Waals surface area contributed by atoms with Crippen molar-refractivity contribution in [3.05, 3.63) is 0 Å². The van der Waals surface area contributed by atoms with Crippen LogP contribution in [0.5, 0.6) is 0 Å². The molecule has 0 radical (unpaired) electrons. The van der Waals surface area contributed by atoms with Gasteiger partial charge in [0, 0.05) is 11.8 Å². The highest BCUT2D eigenvalue weighted by atomic mass is 35.5. The fourth-order valence-corrected chi connectivity index (χ4v) is 2.28. The van der Waals surface area contributed by atoms with Gasteiger partial charge in [0.2, 0.25) is 5.24 Å². The molecule has 1 rings (SSSR count). The number of hydrogen-bond acceptors (Lipinski definition) is 1. The number of hydrogen-bond donors (Lipinski definition) is 0. The predicted molar refractivity (Wildman–Crippen MR) is 47.1 cm³/mol. The third kappa shape index (κ3) is 3.00. The number of rotatable bonds is 3. The maximum Gasteiger partial charge on any atom is 0.223 e. The van der Waals surface area contributed by atoms with Crippen LogP contribution in [0.2, 0.25) is 0 Å². The summed E-state index contributed by atoms with van der Waals surface area (Å²) in [5, 5.41) is -0.334. The van der Waals surface area contributed by atoms with Gasteiger partial charge in [-0.2, -0.15) is 0 Å². The molecule has 1 saturated carbocycles. The van der Waals surface area contributed by atoms with Gasteiger partial charge < -0.3 is 0 Å². The Kier molecular flexibility index (Phi) is 3.67. The summed E-state index contributed by atoms with van der Waals surface area (Å²) in [6, 6.07) is 0. The molecule has 0 N–H and O–H groups in total. The fourth-order valence-electron chi connectivity index (χ4n) is 1.64. The molecule has 0 aromatic carbocycles. The lowest BCUT2D eigenvalue weighted by atomic mass is 10.0. The van der Waals surface area contributed by atoms with E-state index >= 15 is 0 Å². The largest absolute Gasteiger partial charge is 0.281 e. The van der Waals surface area contributed by atoms with Gasteiger partial charge in [-0.1, -0.05) is 12.8 Å². The summed E-state index contributed by atoms with van der Waals surface area (Å²) in [6.45, 7) is 0. The Morgan fingerprint density at radius 2 is 2.00 bits per heavy atom. The van der Waals surface area contributed by atoms with E-state index in [9.17, 15) is 4.79 Å². The number of halogens is 2. The van der Waals surface area contributed by atoms with Gasteiger partial charge in [-0.05, 0) is 30.4 Å². The molecular formula is C8H12Cl2O. The van der Waals surface area contributed by atoms with E-state index in [4.69, 9.17) is 23.2 Å². The molecule has 3 heteroatoms. The minimum Gasteiger partial charge on any atom is -0.281 e. The molecule has 0 unspecified atom stereocenters. The fraction of sp³-hybridized carbons (Fsp3) is 0.875. The van der Waals surface area contributed by atoms with Crippen LogP contribution < -0.4 is 0 Å². The first-order chi connectivity index (χ1) is 5.20. The second-order valence-electron chi connectivity index (χ2n) is 3.12. The lowest BCUT2D eigenvalue weighted by Gasteiger charge is -2.13. The van der Waals surface area contributed by atoms with Crippen molar-refractivity contribution < 1.29 is 4.79 Å². The predicted octanol–water partition coefficient (Wildman–Crippen LogP) is 2.94. The zero-order chi connectivity index (χ0) is 8.27. The zero-order valence-electron chi connectivity index (χ0n) is 6.35. The van der Waals surface area contributed by atoms with Crippen molar-refractivity contribution in [2.75, 3.05) is 0 Å². The smallest absolute Gasteiger partial charge is 0.223 e. The molecule has 11 heavy (non-hydrogen) atoms. The molecule has 0 amide bonds. The summed E-state index contributed by atoms with van der Waals surface area (Å²) in [6.07, 6.45) is 5.17. The maximum atomic E-state index is 10.5. The molecule has 1 aliphatic rings. The van der Waals surface area contributed by atoms with Crippen LogP contribution in [0.1, 0.15) is 32.1 Å². The number of alkyl halides is 1. The second-order valence-corrected chi connectivity index (χ2v) is 4.10. The van der Waals surface area contributed by atoms with Gasteiger partial charge in [0.25, 0.3) is 0 Å². The highest BCUT2D eigenvalue weighted by molar-refractivity contribution is 6.63. The minimum absolute atomic E-state index is 0.0255. The van der Waals surface area contributed by atoms with Gasteiger partial charge >= 0.3 is 0 Å². The van der Waals surface area contributed by atoms with E-state index in [0.717, 1.165) is 0 Å². The minimum atomic E-state index is -0.308. The van der Waals surface area contributed by atoms with Crippen molar-refractivity contribution in [1.82, 2.24) is 0 Å². The van der Waals surface area contributed by atoms with Crippen LogP contribution in [0.3, 0.4) is 0 Å². The SMILES string of the molecule is O=C(Cl)C[C@H](Cl)C1CCCC1. The lowest BCUT2D eigenvalue weighted by Crippen LogP contribution is -2.13. The first-order valence-corrected chi connectivity index (χ1v) is 4.84. The highest BCUT2D eigenvalue weighted by Gasteiger charge is 2.24. The molecule has 0 aromatic heterocycles. The summed E-state index contributed by atoms with van der Waals surface area (Å²) in [5.74, 6) is 0.527. The molecule has 0 bridgehead atoms. The van der Waals surface area contributed by atoms with Crippen LogP contribution in [0.15, 0.2) is 0 Å². The first kappa shape index (κ1) is 9.34. The Morgan fingerprint density at radius 3 is 2.45 bits per heavy atom. The van der Waals surface area contributed by atoms with Crippen LogP contribution in [-0.2, 0) is 4.79 Å². The van der Waals surface area contributed by atoms with Crippen molar-refractivity contribution in [3.8, 4) is 0 Å². The van der Waals surface area contributed by atoms with Crippen LogP contribution >= 0.6 is 23.2 Å². The van der Waals surface area contributed by atoms with Gasteiger partial charge in [0.15, 0.2) is 0 Å². The van der Waals surface area contributed by atoms with Crippen molar-refractivity contribution in [2.24, 2.45) is 5.92 Å². The van der Waals surface area contributed by atoms with E-state index in [1.807, 2.05) is 0 Å². The van der Waals surface area contributed by atoms with Crippen molar-refractivity contribution in [2.45, 2.75) is 37.5 Å². The zero-order valence-corrected chi connectivity index (χ0v) is 7.87. The van der Waals surface area contributed by atoms with E-state index in [2.05, 4.69) is 0 Å². The van der Waals surface area contributed by atoms with Gasteiger partial charge in [-0.15, -0.1) is 11.6 Å². The van der Waals surface area contributed by atoms with Crippen LogP contribution in [-0.4, -0.2) is 10.6 Å². The number of carbonyl (C=O) groups is 1. The average molecular weight is 195 g/mol. The molecular weight excluding hydrogens is 183 g/mol. The molecule has 1 atom stereocenters. The summed E-state index contributed by atoms with van der Waals surface area (Å²) in [7, 11) is 0. The van der Waals surface area contributed by atoms with E-state index in [1.165, 1.54) is 25.7 Å². The van der Waals surface area contributed by atoms with Crippen LogP contribution in [0.25, 0.3) is 0 Å². The van der Waals surface area contributed by atoms with Gasteiger partial charge in [0.1, 0.15) is 0 Å². The van der Waals surface area contributed by atoms with Crippen LogP contribution in [0, 0.1) is 5.92 Å². The quantitative estimate of drug-likeness (QED) is 0.499. The molecule has 0 spiro atoms. The Labute approximate surface area is 77.1 Å². The topological polar surface area (TPSA) is 17.1 Å². The third-order valence-corrected chi connectivity index (χ3v) is 2.93. The van der Waals surface area contributed by atoms with E-state index in [0.29, 0.717) is 12.3 Å². The van der Waals surface area contributed by atoms with Crippen molar-refractivity contribution in [1.29, 1.82) is 0 Å². The Hall–Kier alpha value is 0.250. The molecule has 1 aliphatic carbocycles. The van der Waals surface area contributed by atoms with E-state index < -0.39 is 0 Å². The lowest BCUT2D eigenvalue weighted by molar-refractivity contribution is -0.111. The third-order valence-electron chi connectivity index (χ3n) is 2.27. The number of carbonyl (C=O) groups excluding carboxylic acids is 1. The summed E-state index contributed by atoms with van der Waals surface area (Å²) < 4.78 is 0. The normalized spacial score (nSPS) is 22.0. The Bertz CT molecular complexity index is 141. The molecule has 0 heterocycles. The summed E-state index contributed by atoms with van der Waals surface area (Å²) in [5.41, 5.74) is 0. The first-order valence-electron chi connectivity index (χ1n) is 4.02. The molecule has 0 aromatic rings. The highest BCUT2D eigenvalue weighted by Crippen LogP contribution is 2.32. The molecule has 0 aliphatic heterocycles. The monoisotopic (exact) mass is 194 g/mol. The summed E-state index contributed by atoms with van der Waals surface area (Å²) >= 11 is 11.2. The second kappa shape index (κ2) is 4.32. The van der Waals surface area contributed by atoms with E-state index in [1.54, 1.807) is 0 Å². The average Bonchev–Trinajstić information content (AvgIpc) is 2.35. The van der Waals surface area contributed by atoms with Gasteiger partial charge in [0.05, 0.1) is 0 Å². The molecule has 1 nitrogen and oxygen atoms in total. The standard InChI is InChI=1S/C8H12Cl2O/c9-7(5-8(10)11)6-3-1-2-4-6/h6-7H,1-5H2/t7-/m0/s1. The van der Waals surface area contributed by atoms with Gasteiger partial charge in [-0.3, -0.25) is 4.79 Å².